The van der Waals surface area contributed by atoms with Gasteiger partial charge in [0, 0.05) is 15.4 Å². The van der Waals surface area contributed by atoms with Crippen LogP contribution in [0.5, 0.6) is 0 Å². The first-order valence-electron chi connectivity index (χ1n) is 5.09. The summed E-state index contributed by atoms with van der Waals surface area (Å²) in [6.07, 6.45) is 0.864. The summed E-state index contributed by atoms with van der Waals surface area (Å²) in [6, 6.07) is 4.11. The van der Waals surface area contributed by atoms with Crippen molar-refractivity contribution in [1.82, 2.24) is 0 Å². The Bertz CT molecular complexity index is 402. The molecular formula is C12H14Br2O2. The van der Waals surface area contributed by atoms with E-state index < -0.39 is 5.97 Å². The maximum atomic E-state index is 10.5. The molecule has 1 atom stereocenters. The van der Waals surface area contributed by atoms with Crippen LogP contribution in [0.1, 0.15) is 36.8 Å². The molecule has 0 saturated heterocycles. The smallest absolute Gasteiger partial charge is 0.303 e. The van der Waals surface area contributed by atoms with E-state index in [9.17, 15) is 4.79 Å². The van der Waals surface area contributed by atoms with E-state index in [-0.39, 0.29) is 12.3 Å². The lowest BCUT2D eigenvalue weighted by Gasteiger charge is -2.14. The van der Waals surface area contributed by atoms with Crippen molar-refractivity contribution in [2.24, 2.45) is 0 Å². The molecule has 4 heteroatoms. The molecule has 0 spiro atoms. The third-order valence-electron chi connectivity index (χ3n) is 2.60. The van der Waals surface area contributed by atoms with Gasteiger partial charge in [-0.3, -0.25) is 4.79 Å². The third kappa shape index (κ3) is 3.59. The zero-order valence-corrected chi connectivity index (χ0v) is 12.4. The number of hydrogen-bond acceptors (Lipinski definition) is 1. The average molecular weight is 350 g/mol. The first kappa shape index (κ1) is 13.7. The molecule has 0 aromatic heterocycles. The van der Waals surface area contributed by atoms with E-state index in [0.29, 0.717) is 6.42 Å². The van der Waals surface area contributed by atoms with Crippen LogP contribution in [0, 0.1) is 6.92 Å². The largest absolute Gasteiger partial charge is 0.481 e. The maximum Gasteiger partial charge on any atom is 0.303 e. The Kier molecular flexibility index (Phi) is 4.99. The molecule has 0 saturated carbocycles. The quantitative estimate of drug-likeness (QED) is 0.869. The number of carboxylic acids is 1. The van der Waals surface area contributed by atoms with Gasteiger partial charge in [-0.25, -0.2) is 0 Å². The van der Waals surface area contributed by atoms with Gasteiger partial charge in [-0.1, -0.05) is 38.8 Å². The fraction of sp³-hybridized carbons (Fsp3) is 0.417. The Balaban J connectivity index is 2.86. The van der Waals surface area contributed by atoms with Crippen LogP contribution in [-0.4, -0.2) is 11.1 Å². The van der Waals surface area contributed by atoms with Crippen LogP contribution in [0.15, 0.2) is 21.1 Å². The summed E-state index contributed by atoms with van der Waals surface area (Å²) in [5.74, 6) is -0.503. The van der Waals surface area contributed by atoms with Gasteiger partial charge in [0.25, 0.3) is 0 Å². The molecule has 1 aromatic rings. The molecular weight excluding hydrogens is 336 g/mol. The van der Waals surface area contributed by atoms with Gasteiger partial charge in [-0.15, -0.1) is 0 Å². The van der Waals surface area contributed by atoms with Gasteiger partial charge in [0.15, 0.2) is 0 Å². The molecule has 16 heavy (non-hydrogen) atoms. The van der Waals surface area contributed by atoms with Crippen molar-refractivity contribution in [3.63, 3.8) is 0 Å². The minimum absolute atomic E-state index is 0.207. The lowest BCUT2D eigenvalue weighted by molar-refractivity contribution is -0.137. The summed E-state index contributed by atoms with van der Waals surface area (Å²) in [6.45, 7) is 4.07. The molecule has 1 aromatic carbocycles. The number of aliphatic carboxylic acids is 1. The molecule has 0 aliphatic heterocycles. The van der Waals surface area contributed by atoms with E-state index in [2.05, 4.69) is 44.0 Å². The predicted octanol–water partition coefficient (Wildman–Crippen LogP) is 4.49. The number of carboxylic acid groups (broad SMARTS) is 1. The van der Waals surface area contributed by atoms with E-state index in [4.69, 9.17) is 5.11 Å². The topological polar surface area (TPSA) is 37.3 Å². The molecule has 0 aliphatic carbocycles. The van der Waals surface area contributed by atoms with Crippen LogP contribution in [0.25, 0.3) is 0 Å². The average Bonchev–Trinajstić information content (AvgIpc) is 2.20. The SMILES string of the molecule is Cc1cc(Br)c(C(C)CCC(=O)O)cc1Br. The highest BCUT2D eigenvalue weighted by atomic mass is 79.9. The lowest BCUT2D eigenvalue weighted by atomic mass is 9.95. The molecule has 0 aliphatic rings. The molecule has 88 valence electrons. The molecule has 0 fully saturated rings. The normalized spacial score (nSPS) is 12.5. The molecule has 1 unspecified atom stereocenters. The number of halogens is 2. The standard InChI is InChI=1S/C12H14Br2O2/c1-7(3-4-12(15)16)9-6-10(13)8(2)5-11(9)14/h5-7H,3-4H2,1-2H3,(H,15,16). The number of rotatable bonds is 4. The van der Waals surface area contributed by atoms with Crippen molar-refractivity contribution < 1.29 is 9.90 Å². The second kappa shape index (κ2) is 5.82. The van der Waals surface area contributed by atoms with Crippen LogP contribution >= 0.6 is 31.9 Å². The molecule has 0 radical (unpaired) electrons. The van der Waals surface area contributed by atoms with Gasteiger partial charge >= 0.3 is 5.97 Å². The number of carbonyl (C=O) groups is 1. The second-order valence-corrected chi connectivity index (χ2v) is 5.67. The van der Waals surface area contributed by atoms with E-state index in [0.717, 1.165) is 14.5 Å². The zero-order valence-electron chi connectivity index (χ0n) is 9.26. The molecule has 0 bridgehead atoms. The number of aryl methyl sites for hydroxylation is 1. The summed E-state index contributed by atoms with van der Waals surface area (Å²) in [7, 11) is 0. The number of hydrogen-bond donors (Lipinski definition) is 1. The highest BCUT2D eigenvalue weighted by Gasteiger charge is 2.12. The van der Waals surface area contributed by atoms with Crippen LogP contribution in [0.3, 0.4) is 0 Å². The van der Waals surface area contributed by atoms with E-state index in [1.165, 1.54) is 5.56 Å². The molecule has 2 nitrogen and oxygen atoms in total. The first-order chi connectivity index (χ1) is 7.41. The Morgan fingerprint density at radius 3 is 2.56 bits per heavy atom. The fourth-order valence-corrected chi connectivity index (χ4v) is 2.74. The van der Waals surface area contributed by atoms with Crippen molar-refractivity contribution in [1.29, 1.82) is 0 Å². The summed E-state index contributed by atoms with van der Waals surface area (Å²) in [4.78, 5) is 10.5. The van der Waals surface area contributed by atoms with Crippen LogP contribution in [0.2, 0.25) is 0 Å². The van der Waals surface area contributed by atoms with Gasteiger partial charge in [-0.05, 0) is 42.5 Å². The van der Waals surface area contributed by atoms with Crippen LogP contribution in [0.4, 0.5) is 0 Å². The zero-order chi connectivity index (χ0) is 12.3. The Morgan fingerprint density at radius 1 is 1.38 bits per heavy atom. The highest BCUT2D eigenvalue weighted by Crippen LogP contribution is 2.32. The third-order valence-corrected chi connectivity index (χ3v) is 4.14. The van der Waals surface area contributed by atoms with Gasteiger partial charge in [0.2, 0.25) is 0 Å². The lowest BCUT2D eigenvalue weighted by Crippen LogP contribution is -2.01. The van der Waals surface area contributed by atoms with Crippen molar-refractivity contribution in [3.05, 3.63) is 32.2 Å². The van der Waals surface area contributed by atoms with Crippen molar-refractivity contribution in [2.75, 3.05) is 0 Å². The predicted molar refractivity (Wildman–Crippen MR) is 71.9 cm³/mol. The summed E-state index contributed by atoms with van der Waals surface area (Å²) in [5.41, 5.74) is 2.32. The molecule has 1 rings (SSSR count). The van der Waals surface area contributed by atoms with E-state index in [1.54, 1.807) is 0 Å². The monoisotopic (exact) mass is 348 g/mol. The number of benzene rings is 1. The fourth-order valence-electron chi connectivity index (χ4n) is 1.53. The van der Waals surface area contributed by atoms with E-state index in [1.807, 2.05) is 13.8 Å². The molecule has 0 heterocycles. The van der Waals surface area contributed by atoms with Crippen molar-refractivity contribution >= 4 is 37.8 Å². The Hall–Kier alpha value is -0.350. The molecule has 1 N–H and O–H groups in total. The van der Waals surface area contributed by atoms with E-state index >= 15 is 0 Å². The Labute approximate surface area is 112 Å². The maximum absolute atomic E-state index is 10.5. The van der Waals surface area contributed by atoms with Gasteiger partial charge < -0.3 is 5.11 Å². The van der Waals surface area contributed by atoms with Gasteiger partial charge in [0.05, 0.1) is 0 Å². The van der Waals surface area contributed by atoms with Crippen molar-refractivity contribution in [3.8, 4) is 0 Å². The minimum Gasteiger partial charge on any atom is -0.481 e. The minimum atomic E-state index is -0.742. The summed E-state index contributed by atoms with van der Waals surface area (Å²) in [5, 5.41) is 8.66. The van der Waals surface area contributed by atoms with Crippen LogP contribution in [-0.2, 0) is 4.79 Å². The molecule has 0 amide bonds. The Morgan fingerprint density at radius 2 is 2.00 bits per heavy atom. The summed E-state index contributed by atoms with van der Waals surface area (Å²) >= 11 is 7.01. The van der Waals surface area contributed by atoms with Gasteiger partial charge in [0.1, 0.15) is 0 Å². The van der Waals surface area contributed by atoms with Crippen LogP contribution < -0.4 is 0 Å². The highest BCUT2D eigenvalue weighted by molar-refractivity contribution is 9.11. The second-order valence-electron chi connectivity index (χ2n) is 3.96. The summed E-state index contributed by atoms with van der Waals surface area (Å²) < 4.78 is 2.11. The first-order valence-corrected chi connectivity index (χ1v) is 6.67. The van der Waals surface area contributed by atoms with Crippen molar-refractivity contribution in [2.45, 2.75) is 32.6 Å². The van der Waals surface area contributed by atoms with Gasteiger partial charge in [-0.2, -0.15) is 0 Å².